The minimum absolute atomic E-state index is 0.291. The van der Waals surface area contributed by atoms with Gasteiger partial charge in [0.1, 0.15) is 5.82 Å². The van der Waals surface area contributed by atoms with Crippen LogP contribution in [0.4, 0.5) is 19.0 Å². The topological polar surface area (TPSA) is 98.0 Å². The van der Waals surface area contributed by atoms with E-state index in [4.69, 9.17) is 23.1 Å². The second kappa shape index (κ2) is 8.00. The first kappa shape index (κ1) is 22.5. The first-order valence-corrected chi connectivity index (χ1v) is 10.6. The molecule has 0 saturated heterocycles. The van der Waals surface area contributed by atoms with E-state index in [1.807, 2.05) is 12.1 Å². The number of pyridine rings is 2. The maximum Gasteiger partial charge on any atom is 0.421 e. The number of nitrogens with zero attached hydrogens (tertiary/aromatic N) is 2. The second-order valence-electron chi connectivity index (χ2n) is 7.45. The van der Waals surface area contributed by atoms with E-state index in [-0.39, 0.29) is 5.56 Å². The van der Waals surface area contributed by atoms with Gasteiger partial charge in [0.2, 0.25) is 0 Å². The molecule has 3 aromatic heterocycles. The van der Waals surface area contributed by atoms with Gasteiger partial charge in [-0.2, -0.15) is 13.2 Å². The Labute approximate surface area is 190 Å². The number of fused-ring (bicyclic) bond motifs is 1. The van der Waals surface area contributed by atoms with Crippen LogP contribution < -0.4 is 11.5 Å². The molecule has 0 spiro atoms. The number of hydrogen-bond donors (Lipinski definition) is 3. The molecule has 10 heteroatoms. The van der Waals surface area contributed by atoms with Crippen molar-refractivity contribution in [3.8, 4) is 11.3 Å². The largest absolute Gasteiger partial charge is 0.421 e. The van der Waals surface area contributed by atoms with E-state index in [9.17, 15) is 18.3 Å². The van der Waals surface area contributed by atoms with Crippen LogP contribution in [-0.2, 0) is 5.60 Å². The highest BCUT2D eigenvalue weighted by atomic mass is 35.5. The maximum atomic E-state index is 13.3. The molecule has 1 unspecified atom stereocenters. The Balaban J connectivity index is 1.80. The molecule has 0 saturated carbocycles. The number of thiophene rings is 1. The minimum Gasteiger partial charge on any atom is -0.384 e. The van der Waals surface area contributed by atoms with Gasteiger partial charge in [-0.15, -0.1) is 11.3 Å². The quantitative estimate of drug-likeness (QED) is 0.364. The van der Waals surface area contributed by atoms with Crippen LogP contribution in [0.1, 0.15) is 29.1 Å². The van der Waals surface area contributed by atoms with Gasteiger partial charge in [-0.05, 0) is 48.2 Å². The van der Waals surface area contributed by atoms with Gasteiger partial charge in [0.05, 0.1) is 22.5 Å². The first-order valence-electron chi connectivity index (χ1n) is 9.45. The fourth-order valence-corrected chi connectivity index (χ4v) is 4.72. The van der Waals surface area contributed by atoms with Crippen LogP contribution in [0, 0.1) is 0 Å². The molecular formula is C22H18ClF3N4OS. The van der Waals surface area contributed by atoms with Crippen molar-refractivity contribution >= 4 is 38.8 Å². The zero-order valence-electron chi connectivity index (χ0n) is 16.7. The van der Waals surface area contributed by atoms with Gasteiger partial charge in [0.25, 0.3) is 0 Å². The highest BCUT2D eigenvalue weighted by Crippen LogP contribution is 2.41. The number of nitrogen functional groups attached to an aromatic ring is 1. The Bertz CT molecular complexity index is 1310. The van der Waals surface area contributed by atoms with Crippen molar-refractivity contribution in [3.05, 3.63) is 75.9 Å². The third-order valence-electron chi connectivity index (χ3n) is 5.21. The molecule has 0 radical (unpaired) electrons. The van der Waals surface area contributed by atoms with Crippen LogP contribution in [0.5, 0.6) is 0 Å². The van der Waals surface area contributed by atoms with Gasteiger partial charge in [-0.1, -0.05) is 29.8 Å². The Hall–Kier alpha value is -2.72. The standard InChI is InChI=1S/C22H18ClF3N4OS/c1-21(31,22(24,25)26)12-7-8-29-15(10-12)13-4-2-3-11-9-16(32-20(11)13)18(28)19-14(23)5-6-17(27)30-19/h2-10,18,31H,28H2,1H3,(H2,27,30)/t18?,21-/m0/s1. The number of aromatic nitrogens is 2. The molecule has 2 atom stereocenters. The predicted octanol–water partition coefficient (Wildman–Crippen LogP) is 5.41. The van der Waals surface area contributed by atoms with E-state index in [0.29, 0.717) is 27.8 Å². The number of anilines is 1. The Morgan fingerprint density at radius 2 is 1.88 bits per heavy atom. The van der Waals surface area contributed by atoms with Crippen LogP contribution in [0.3, 0.4) is 0 Å². The maximum absolute atomic E-state index is 13.3. The van der Waals surface area contributed by atoms with Gasteiger partial charge >= 0.3 is 6.18 Å². The molecular weight excluding hydrogens is 461 g/mol. The number of benzene rings is 1. The van der Waals surface area contributed by atoms with Crippen molar-refractivity contribution < 1.29 is 18.3 Å². The number of aliphatic hydroxyl groups is 1. The number of halogens is 4. The molecule has 0 aliphatic rings. The van der Waals surface area contributed by atoms with Crippen LogP contribution >= 0.6 is 22.9 Å². The Morgan fingerprint density at radius 1 is 1.12 bits per heavy atom. The highest BCUT2D eigenvalue weighted by molar-refractivity contribution is 7.19. The van der Waals surface area contributed by atoms with Gasteiger partial charge in [0, 0.05) is 21.3 Å². The number of rotatable bonds is 4. The smallest absolute Gasteiger partial charge is 0.384 e. The van der Waals surface area contributed by atoms with Crippen LogP contribution in [0.2, 0.25) is 5.02 Å². The molecule has 0 aliphatic heterocycles. The summed E-state index contributed by atoms with van der Waals surface area (Å²) in [6.45, 7) is 0.720. The molecule has 3 heterocycles. The lowest BCUT2D eigenvalue weighted by Crippen LogP contribution is -2.39. The molecule has 4 rings (SSSR count). The molecule has 0 aliphatic carbocycles. The van der Waals surface area contributed by atoms with Crippen LogP contribution in [0.25, 0.3) is 21.3 Å². The SMILES string of the molecule is C[C@](O)(c1ccnc(-c2cccc3cc(C(N)c4nc(N)ccc4Cl)sc23)c1)C(F)(F)F. The average molecular weight is 479 g/mol. The summed E-state index contributed by atoms with van der Waals surface area (Å²) in [5, 5.41) is 11.3. The molecule has 0 amide bonds. The Morgan fingerprint density at radius 3 is 2.59 bits per heavy atom. The molecule has 5 N–H and O–H groups in total. The third kappa shape index (κ3) is 3.93. The zero-order valence-corrected chi connectivity index (χ0v) is 18.3. The fraction of sp³-hybridized carbons (Fsp3) is 0.182. The normalized spacial score (nSPS) is 15.0. The minimum atomic E-state index is -4.83. The Kier molecular flexibility index (Phi) is 5.62. The monoisotopic (exact) mass is 478 g/mol. The van der Waals surface area contributed by atoms with Crippen molar-refractivity contribution in [3.63, 3.8) is 0 Å². The van der Waals surface area contributed by atoms with Gasteiger partial charge in [0.15, 0.2) is 5.60 Å². The molecule has 1 aromatic carbocycles. The molecule has 166 valence electrons. The van der Waals surface area contributed by atoms with Crippen molar-refractivity contribution in [2.45, 2.75) is 24.7 Å². The average Bonchev–Trinajstić information content (AvgIpc) is 3.18. The van der Waals surface area contributed by atoms with Gasteiger partial charge in [-0.25, -0.2) is 4.98 Å². The summed E-state index contributed by atoms with van der Waals surface area (Å²) < 4.78 is 40.7. The summed E-state index contributed by atoms with van der Waals surface area (Å²) in [6, 6.07) is 12.3. The van der Waals surface area contributed by atoms with Crippen molar-refractivity contribution in [1.82, 2.24) is 9.97 Å². The van der Waals surface area contributed by atoms with Gasteiger partial charge < -0.3 is 16.6 Å². The van der Waals surface area contributed by atoms with Crippen LogP contribution in [-0.4, -0.2) is 21.3 Å². The summed E-state index contributed by atoms with van der Waals surface area (Å²) in [5.74, 6) is 0.291. The van der Waals surface area contributed by atoms with E-state index in [1.165, 1.54) is 23.6 Å². The van der Waals surface area contributed by atoms with E-state index in [0.717, 1.165) is 28.0 Å². The third-order valence-corrected chi connectivity index (χ3v) is 6.80. The summed E-state index contributed by atoms with van der Waals surface area (Å²) in [4.78, 5) is 9.24. The lowest BCUT2D eigenvalue weighted by Gasteiger charge is -2.26. The van der Waals surface area contributed by atoms with Crippen molar-refractivity contribution in [2.75, 3.05) is 5.73 Å². The summed E-state index contributed by atoms with van der Waals surface area (Å²) >= 11 is 7.61. The predicted molar refractivity (Wildman–Crippen MR) is 120 cm³/mol. The number of hydrogen-bond acceptors (Lipinski definition) is 6. The zero-order chi connectivity index (χ0) is 23.3. The van der Waals surface area contributed by atoms with E-state index >= 15 is 0 Å². The molecule has 5 nitrogen and oxygen atoms in total. The highest BCUT2D eigenvalue weighted by Gasteiger charge is 2.51. The summed E-state index contributed by atoms with van der Waals surface area (Å²) in [6.07, 6.45) is -3.58. The fourth-order valence-electron chi connectivity index (χ4n) is 3.31. The molecule has 0 bridgehead atoms. The summed E-state index contributed by atoms with van der Waals surface area (Å²) in [7, 11) is 0. The van der Waals surface area contributed by atoms with E-state index in [2.05, 4.69) is 9.97 Å². The lowest BCUT2D eigenvalue weighted by molar-refractivity contribution is -0.258. The molecule has 0 fully saturated rings. The van der Waals surface area contributed by atoms with Crippen LogP contribution in [0.15, 0.2) is 54.7 Å². The molecule has 32 heavy (non-hydrogen) atoms. The van der Waals surface area contributed by atoms with E-state index in [1.54, 1.807) is 24.3 Å². The lowest BCUT2D eigenvalue weighted by atomic mass is 9.94. The first-order chi connectivity index (χ1) is 15.0. The van der Waals surface area contributed by atoms with Crippen molar-refractivity contribution in [2.24, 2.45) is 5.73 Å². The van der Waals surface area contributed by atoms with Crippen molar-refractivity contribution in [1.29, 1.82) is 0 Å². The van der Waals surface area contributed by atoms with E-state index < -0.39 is 17.8 Å². The summed E-state index contributed by atoms with van der Waals surface area (Å²) in [5.41, 5.74) is 10.2. The van der Waals surface area contributed by atoms with Gasteiger partial charge in [-0.3, -0.25) is 4.98 Å². The number of alkyl halides is 3. The second-order valence-corrected chi connectivity index (χ2v) is 8.94. The number of nitrogens with two attached hydrogens (primary N) is 2. The molecule has 4 aromatic rings.